The van der Waals surface area contributed by atoms with Crippen LogP contribution >= 0.6 is 0 Å². The minimum absolute atomic E-state index is 0.135. The molecular formula is C25H27N5O4. The highest BCUT2D eigenvalue weighted by molar-refractivity contribution is 6.14. The number of hydrogen-bond donors (Lipinski definition) is 2. The fraction of sp³-hybridized carbons (Fsp3) is 0.280. The number of amides is 1. The zero-order chi connectivity index (χ0) is 24.1. The molecule has 0 fully saturated rings. The third-order valence-electron chi connectivity index (χ3n) is 5.39. The molecule has 9 nitrogen and oxygen atoms in total. The lowest BCUT2D eigenvalue weighted by Crippen LogP contribution is -2.17. The van der Waals surface area contributed by atoms with Gasteiger partial charge in [-0.1, -0.05) is 19.9 Å². The number of carbonyl (C=O) groups is 2. The van der Waals surface area contributed by atoms with E-state index in [-0.39, 0.29) is 11.5 Å². The Morgan fingerprint density at radius 2 is 2.03 bits per heavy atom. The lowest BCUT2D eigenvalue weighted by Gasteiger charge is -2.12. The quantitative estimate of drug-likeness (QED) is 0.347. The Balaban J connectivity index is 1.78. The van der Waals surface area contributed by atoms with Gasteiger partial charge in [0.1, 0.15) is 5.65 Å². The number of aromatic nitrogens is 3. The van der Waals surface area contributed by atoms with Crippen molar-refractivity contribution in [3.05, 3.63) is 72.2 Å². The monoisotopic (exact) mass is 461 g/mol. The molecule has 0 saturated carbocycles. The van der Waals surface area contributed by atoms with Crippen molar-refractivity contribution in [2.24, 2.45) is 5.92 Å². The van der Waals surface area contributed by atoms with Crippen molar-refractivity contribution in [1.82, 2.24) is 14.5 Å². The summed E-state index contributed by atoms with van der Waals surface area (Å²) in [6.45, 7) is 5.26. The molecule has 2 N–H and O–H groups in total. The minimum Gasteiger partial charge on any atom is -0.464 e. The molecule has 0 spiro atoms. The van der Waals surface area contributed by atoms with Crippen LogP contribution in [0.15, 0.2) is 59.5 Å². The van der Waals surface area contributed by atoms with Gasteiger partial charge in [0, 0.05) is 18.1 Å². The summed E-state index contributed by atoms with van der Waals surface area (Å²) in [4.78, 5) is 34.7. The van der Waals surface area contributed by atoms with E-state index in [1.165, 1.54) is 13.4 Å². The molecule has 176 valence electrons. The first-order chi connectivity index (χ1) is 16.5. The Hall–Kier alpha value is -4.14. The predicted molar refractivity (Wildman–Crippen MR) is 129 cm³/mol. The van der Waals surface area contributed by atoms with Gasteiger partial charge in [-0.2, -0.15) is 0 Å². The molecule has 0 unspecified atom stereocenters. The molecule has 0 bridgehead atoms. The molecule has 0 aliphatic carbocycles. The number of fused-ring (bicyclic) bond motifs is 1. The summed E-state index contributed by atoms with van der Waals surface area (Å²) < 4.78 is 12.1. The number of nitrogens with one attached hydrogen (secondary N) is 2. The van der Waals surface area contributed by atoms with Gasteiger partial charge in [0.25, 0.3) is 5.91 Å². The predicted octanol–water partition coefficient (Wildman–Crippen LogP) is 4.72. The van der Waals surface area contributed by atoms with Gasteiger partial charge in [-0.15, -0.1) is 0 Å². The van der Waals surface area contributed by atoms with Crippen molar-refractivity contribution < 1.29 is 18.7 Å². The maximum atomic E-state index is 12.9. The van der Waals surface area contributed by atoms with Gasteiger partial charge in [-0.3, -0.25) is 9.78 Å². The molecule has 0 radical (unpaired) electrons. The van der Waals surface area contributed by atoms with E-state index in [4.69, 9.17) is 9.15 Å². The van der Waals surface area contributed by atoms with E-state index < -0.39 is 11.9 Å². The SMILES string of the molecule is COC(=O)c1c(NC(=O)c2ccco2)c2cc(NCc3ccccn3)cnc2n1CCC(C)C. The largest absolute Gasteiger partial charge is 0.464 e. The Kier molecular flexibility index (Phi) is 6.91. The van der Waals surface area contributed by atoms with E-state index in [9.17, 15) is 9.59 Å². The van der Waals surface area contributed by atoms with Gasteiger partial charge < -0.3 is 24.4 Å². The maximum Gasteiger partial charge on any atom is 0.356 e. The van der Waals surface area contributed by atoms with Crippen molar-refractivity contribution in [3.8, 4) is 0 Å². The van der Waals surface area contributed by atoms with E-state index in [1.54, 1.807) is 29.1 Å². The van der Waals surface area contributed by atoms with Crippen LogP contribution in [0.4, 0.5) is 11.4 Å². The minimum atomic E-state index is -0.556. The van der Waals surface area contributed by atoms with Gasteiger partial charge in [-0.25, -0.2) is 9.78 Å². The number of methoxy groups -OCH3 is 1. The summed E-state index contributed by atoms with van der Waals surface area (Å²) in [7, 11) is 1.32. The summed E-state index contributed by atoms with van der Waals surface area (Å²) in [5, 5.41) is 6.77. The van der Waals surface area contributed by atoms with Crippen LogP contribution in [0.2, 0.25) is 0 Å². The Morgan fingerprint density at radius 3 is 2.71 bits per heavy atom. The number of furan rings is 1. The smallest absolute Gasteiger partial charge is 0.356 e. The summed E-state index contributed by atoms with van der Waals surface area (Å²) >= 11 is 0. The topological polar surface area (TPSA) is 111 Å². The van der Waals surface area contributed by atoms with Gasteiger partial charge in [0.2, 0.25) is 0 Å². The first kappa shape index (κ1) is 23.0. The molecule has 4 rings (SSSR count). The van der Waals surface area contributed by atoms with Crippen LogP contribution in [0.1, 0.15) is 47.0 Å². The lowest BCUT2D eigenvalue weighted by atomic mass is 10.1. The third-order valence-corrected chi connectivity index (χ3v) is 5.39. The number of esters is 1. The van der Waals surface area contributed by atoms with Gasteiger partial charge in [0.05, 0.1) is 43.2 Å². The van der Waals surface area contributed by atoms with Crippen molar-refractivity contribution in [2.45, 2.75) is 33.4 Å². The maximum absolute atomic E-state index is 12.9. The van der Waals surface area contributed by atoms with Crippen molar-refractivity contribution in [2.75, 3.05) is 17.7 Å². The molecule has 0 saturated heterocycles. The van der Waals surface area contributed by atoms with E-state index in [2.05, 4.69) is 34.4 Å². The molecule has 34 heavy (non-hydrogen) atoms. The second kappa shape index (κ2) is 10.2. The van der Waals surface area contributed by atoms with Crippen LogP contribution in [-0.2, 0) is 17.8 Å². The number of ether oxygens (including phenoxy) is 1. The number of anilines is 2. The highest BCUT2D eigenvalue weighted by Gasteiger charge is 2.27. The highest BCUT2D eigenvalue weighted by atomic mass is 16.5. The fourth-order valence-corrected chi connectivity index (χ4v) is 3.64. The average molecular weight is 462 g/mol. The van der Waals surface area contributed by atoms with E-state index >= 15 is 0 Å². The number of rotatable bonds is 9. The van der Waals surface area contributed by atoms with Crippen LogP contribution in [0, 0.1) is 5.92 Å². The number of hydrogen-bond acceptors (Lipinski definition) is 7. The number of nitrogens with zero attached hydrogens (tertiary/aromatic N) is 3. The molecule has 0 aliphatic rings. The molecule has 4 aromatic heterocycles. The Labute approximate surface area is 197 Å². The zero-order valence-corrected chi connectivity index (χ0v) is 19.4. The van der Waals surface area contributed by atoms with Crippen molar-refractivity contribution >= 4 is 34.3 Å². The van der Waals surface area contributed by atoms with Crippen LogP contribution < -0.4 is 10.6 Å². The van der Waals surface area contributed by atoms with Crippen LogP contribution in [0.5, 0.6) is 0 Å². The van der Waals surface area contributed by atoms with Crippen LogP contribution in [-0.4, -0.2) is 33.5 Å². The van der Waals surface area contributed by atoms with Crippen molar-refractivity contribution in [3.63, 3.8) is 0 Å². The van der Waals surface area contributed by atoms with E-state index in [0.29, 0.717) is 35.7 Å². The molecule has 4 heterocycles. The zero-order valence-electron chi connectivity index (χ0n) is 19.4. The molecule has 0 aliphatic heterocycles. The lowest BCUT2D eigenvalue weighted by molar-refractivity contribution is 0.0589. The van der Waals surface area contributed by atoms with Crippen LogP contribution in [0.3, 0.4) is 0 Å². The summed E-state index contributed by atoms with van der Waals surface area (Å²) in [5.41, 5.74) is 2.76. The number of aryl methyl sites for hydroxylation is 1. The van der Waals surface area contributed by atoms with Gasteiger partial charge in [0.15, 0.2) is 11.5 Å². The third kappa shape index (κ3) is 4.93. The number of pyridine rings is 2. The average Bonchev–Trinajstić information content (AvgIpc) is 3.48. The molecule has 0 atom stereocenters. The second-order valence-corrected chi connectivity index (χ2v) is 8.25. The standard InChI is InChI=1S/C25H27N5O4/c1-16(2)9-11-30-22(25(32)33-3)21(29-24(31)20-8-6-12-34-20)19-13-18(15-28-23(19)30)27-14-17-7-4-5-10-26-17/h4-8,10,12-13,15-16,27H,9,11,14H2,1-3H3,(H,29,31). The molecule has 4 aromatic rings. The summed E-state index contributed by atoms with van der Waals surface area (Å²) in [6.07, 6.45) is 5.68. The molecular weight excluding hydrogens is 434 g/mol. The van der Waals surface area contributed by atoms with E-state index in [0.717, 1.165) is 17.8 Å². The normalized spacial score (nSPS) is 11.1. The molecule has 9 heteroatoms. The fourth-order valence-electron chi connectivity index (χ4n) is 3.64. The first-order valence-electron chi connectivity index (χ1n) is 11.1. The molecule has 0 aromatic carbocycles. The van der Waals surface area contributed by atoms with Gasteiger partial charge in [-0.05, 0) is 42.7 Å². The molecule has 1 amide bonds. The second-order valence-electron chi connectivity index (χ2n) is 8.25. The van der Waals surface area contributed by atoms with Crippen molar-refractivity contribution in [1.29, 1.82) is 0 Å². The van der Waals surface area contributed by atoms with Gasteiger partial charge >= 0.3 is 5.97 Å². The highest BCUT2D eigenvalue weighted by Crippen LogP contribution is 2.33. The summed E-state index contributed by atoms with van der Waals surface area (Å²) in [6, 6.07) is 10.8. The van der Waals surface area contributed by atoms with E-state index in [1.807, 2.05) is 24.3 Å². The number of carbonyl (C=O) groups excluding carboxylic acids is 2. The Morgan fingerprint density at radius 1 is 1.18 bits per heavy atom. The summed E-state index contributed by atoms with van der Waals surface area (Å²) in [5.74, 6) is -0.482. The first-order valence-corrected chi connectivity index (χ1v) is 11.1. The Bertz CT molecular complexity index is 1280. The van der Waals surface area contributed by atoms with Crippen LogP contribution in [0.25, 0.3) is 11.0 Å².